The summed E-state index contributed by atoms with van der Waals surface area (Å²) in [5.74, 6) is -0.428. The van der Waals surface area contributed by atoms with Crippen LogP contribution >= 0.6 is 0 Å². The van der Waals surface area contributed by atoms with E-state index in [0.29, 0.717) is 12.3 Å². The van der Waals surface area contributed by atoms with Gasteiger partial charge in [0, 0.05) is 16.9 Å². The van der Waals surface area contributed by atoms with Crippen molar-refractivity contribution in [2.45, 2.75) is 27.7 Å². The highest BCUT2D eigenvalue weighted by Gasteiger charge is 2.17. The maximum Gasteiger partial charge on any atom is 0.347 e. The van der Waals surface area contributed by atoms with Gasteiger partial charge in [0.15, 0.2) is 0 Å². The second-order valence-corrected chi connectivity index (χ2v) is 6.82. The van der Waals surface area contributed by atoms with Crippen molar-refractivity contribution >= 4 is 11.7 Å². The zero-order chi connectivity index (χ0) is 20.8. The van der Waals surface area contributed by atoms with Crippen molar-refractivity contribution in [3.63, 3.8) is 0 Å². The van der Waals surface area contributed by atoms with Gasteiger partial charge < -0.3 is 14.1 Å². The summed E-state index contributed by atoms with van der Waals surface area (Å²) in [5, 5.41) is 4.14. The van der Waals surface area contributed by atoms with Gasteiger partial charge in [-0.3, -0.25) is 0 Å². The highest BCUT2D eigenvalue weighted by Crippen LogP contribution is 2.30. The Bertz CT molecular complexity index is 1000. The lowest BCUT2D eigenvalue weighted by molar-refractivity contribution is -0.148. The van der Waals surface area contributed by atoms with Crippen molar-refractivity contribution in [3.05, 3.63) is 77.5 Å². The maximum absolute atomic E-state index is 11.5. The Hall–Kier alpha value is -3.34. The predicted molar refractivity (Wildman–Crippen MR) is 115 cm³/mol. The Balaban J connectivity index is 2.01. The Morgan fingerprint density at radius 3 is 2.38 bits per heavy atom. The second-order valence-electron chi connectivity index (χ2n) is 6.82. The molecular formula is C24H26N2O3. The van der Waals surface area contributed by atoms with Gasteiger partial charge in [-0.2, -0.15) is 0 Å². The van der Waals surface area contributed by atoms with Gasteiger partial charge in [-0.15, -0.1) is 0 Å². The van der Waals surface area contributed by atoms with Crippen LogP contribution in [0.2, 0.25) is 0 Å². The van der Waals surface area contributed by atoms with Crippen LogP contribution in [0.15, 0.2) is 65.8 Å². The topological polar surface area (TPSA) is 52.8 Å². The summed E-state index contributed by atoms with van der Waals surface area (Å²) >= 11 is 0. The molecule has 0 spiro atoms. The molecule has 0 bridgehead atoms. The third kappa shape index (κ3) is 4.74. The molecule has 3 rings (SSSR count). The van der Waals surface area contributed by atoms with E-state index >= 15 is 0 Å². The number of ether oxygens (including phenoxy) is 1. The third-order valence-corrected chi connectivity index (χ3v) is 4.69. The van der Waals surface area contributed by atoms with E-state index in [0.717, 1.165) is 28.2 Å². The number of oxime groups is 1. The fraction of sp³-hybridized carbons (Fsp3) is 0.250. The number of rotatable bonds is 7. The molecule has 0 fully saturated rings. The molecule has 0 atom stereocenters. The van der Waals surface area contributed by atoms with Crippen LogP contribution in [0.25, 0.3) is 16.9 Å². The third-order valence-electron chi connectivity index (χ3n) is 4.69. The van der Waals surface area contributed by atoms with Crippen molar-refractivity contribution in [3.8, 4) is 16.9 Å². The summed E-state index contributed by atoms with van der Waals surface area (Å²) in [4.78, 5) is 16.7. The van der Waals surface area contributed by atoms with E-state index < -0.39 is 5.97 Å². The Kier molecular flexibility index (Phi) is 6.50. The average Bonchev–Trinajstić information content (AvgIpc) is 3.07. The van der Waals surface area contributed by atoms with E-state index in [1.165, 1.54) is 5.56 Å². The van der Waals surface area contributed by atoms with Crippen LogP contribution in [0.5, 0.6) is 0 Å². The molecule has 0 aliphatic rings. The summed E-state index contributed by atoms with van der Waals surface area (Å²) in [6.07, 6.45) is 0. The molecule has 0 aliphatic heterocycles. The van der Waals surface area contributed by atoms with E-state index in [2.05, 4.69) is 66.0 Å². The number of esters is 1. The summed E-state index contributed by atoms with van der Waals surface area (Å²) in [7, 11) is 0. The number of benzene rings is 2. The van der Waals surface area contributed by atoms with Crippen LogP contribution in [0.1, 0.15) is 30.7 Å². The molecule has 0 saturated carbocycles. The molecule has 1 heterocycles. The highest BCUT2D eigenvalue weighted by molar-refractivity contribution is 6.01. The van der Waals surface area contributed by atoms with Crippen molar-refractivity contribution < 1.29 is 14.4 Å². The first-order chi connectivity index (χ1) is 14.0. The van der Waals surface area contributed by atoms with E-state index in [-0.39, 0.29) is 6.61 Å². The molecule has 0 saturated heterocycles. The average molecular weight is 390 g/mol. The highest BCUT2D eigenvalue weighted by atomic mass is 16.7. The predicted octanol–water partition coefficient (Wildman–Crippen LogP) is 5.06. The van der Waals surface area contributed by atoms with Crippen molar-refractivity contribution in [2.24, 2.45) is 5.16 Å². The monoisotopic (exact) mass is 390 g/mol. The van der Waals surface area contributed by atoms with Gasteiger partial charge in [0.25, 0.3) is 0 Å². The van der Waals surface area contributed by atoms with Crippen LogP contribution in [0.3, 0.4) is 0 Å². The molecule has 0 unspecified atom stereocenters. The lowest BCUT2D eigenvalue weighted by Crippen LogP contribution is -2.11. The minimum absolute atomic E-state index is 0.200. The van der Waals surface area contributed by atoms with Crippen molar-refractivity contribution in [1.29, 1.82) is 0 Å². The summed E-state index contributed by atoms with van der Waals surface area (Å²) in [6, 6.07) is 20.8. The second kappa shape index (κ2) is 9.24. The molecule has 29 heavy (non-hydrogen) atoms. The van der Waals surface area contributed by atoms with Gasteiger partial charge in [0.2, 0.25) is 6.61 Å². The van der Waals surface area contributed by atoms with Gasteiger partial charge in [-0.1, -0.05) is 53.2 Å². The first-order valence-corrected chi connectivity index (χ1v) is 9.68. The molecule has 2 aromatic carbocycles. The molecule has 0 aliphatic carbocycles. The van der Waals surface area contributed by atoms with Crippen LogP contribution in [0, 0.1) is 13.8 Å². The summed E-state index contributed by atoms with van der Waals surface area (Å²) in [5.41, 5.74) is 7.20. The zero-order valence-electron chi connectivity index (χ0n) is 17.3. The van der Waals surface area contributed by atoms with Crippen LogP contribution < -0.4 is 0 Å². The molecule has 1 aromatic heterocycles. The largest absolute Gasteiger partial charge is 0.463 e. The summed E-state index contributed by atoms with van der Waals surface area (Å²) in [6.45, 7) is 7.90. The van der Waals surface area contributed by atoms with Crippen LogP contribution in [0.4, 0.5) is 0 Å². The number of carbonyl (C=O) groups excluding carboxylic acids is 1. The normalized spacial score (nSPS) is 11.4. The molecule has 150 valence electrons. The van der Waals surface area contributed by atoms with Gasteiger partial charge >= 0.3 is 5.97 Å². The number of aryl methyl sites for hydroxylation is 1. The van der Waals surface area contributed by atoms with E-state index in [4.69, 9.17) is 9.57 Å². The smallest absolute Gasteiger partial charge is 0.347 e. The molecular weight excluding hydrogens is 364 g/mol. The minimum Gasteiger partial charge on any atom is -0.463 e. The fourth-order valence-electron chi connectivity index (χ4n) is 3.25. The Morgan fingerprint density at radius 2 is 1.72 bits per heavy atom. The van der Waals surface area contributed by atoms with E-state index in [1.807, 2.05) is 25.1 Å². The minimum atomic E-state index is -0.428. The Morgan fingerprint density at radius 1 is 1.03 bits per heavy atom. The standard InChI is InChI=1S/C24H26N2O3/c1-5-28-24(27)16-29-25-18(3)22-15-23(20-9-7-6-8-10-20)26(19(22)4)21-13-11-17(2)12-14-21/h6-15H,5,16H2,1-4H3/b25-18-. The van der Waals surface area contributed by atoms with Gasteiger partial charge in [-0.05, 0) is 51.5 Å². The fourth-order valence-corrected chi connectivity index (χ4v) is 3.25. The van der Waals surface area contributed by atoms with E-state index in [9.17, 15) is 4.79 Å². The lowest BCUT2D eigenvalue weighted by Gasteiger charge is -2.13. The molecule has 5 heteroatoms. The van der Waals surface area contributed by atoms with Crippen LogP contribution in [-0.2, 0) is 14.4 Å². The van der Waals surface area contributed by atoms with Crippen LogP contribution in [-0.4, -0.2) is 29.5 Å². The van der Waals surface area contributed by atoms with Gasteiger partial charge in [0.05, 0.1) is 18.0 Å². The SMILES string of the molecule is CCOC(=O)CO/N=C(/C)c1cc(-c2ccccc2)n(-c2ccc(C)cc2)c1C. The maximum atomic E-state index is 11.5. The molecule has 5 nitrogen and oxygen atoms in total. The zero-order valence-corrected chi connectivity index (χ0v) is 17.3. The van der Waals surface area contributed by atoms with E-state index in [1.54, 1.807) is 6.92 Å². The van der Waals surface area contributed by atoms with Gasteiger partial charge in [0.1, 0.15) is 0 Å². The first kappa shape index (κ1) is 20.4. The molecule has 0 amide bonds. The number of hydrogen-bond donors (Lipinski definition) is 0. The van der Waals surface area contributed by atoms with Crippen molar-refractivity contribution in [2.75, 3.05) is 13.2 Å². The molecule has 0 N–H and O–H groups in total. The molecule has 0 radical (unpaired) electrons. The first-order valence-electron chi connectivity index (χ1n) is 9.68. The lowest BCUT2D eigenvalue weighted by atomic mass is 10.1. The number of aromatic nitrogens is 1. The quantitative estimate of drug-likeness (QED) is 0.322. The van der Waals surface area contributed by atoms with Crippen molar-refractivity contribution in [1.82, 2.24) is 4.57 Å². The number of carbonyl (C=O) groups is 1. The number of nitrogens with zero attached hydrogens (tertiary/aromatic N) is 2. The number of hydrogen-bond acceptors (Lipinski definition) is 4. The Labute approximate surface area is 171 Å². The summed E-state index contributed by atoms with van der Waals surface area (Å²) < 4.78 is 7.08. The van der Waals surface area contributed by atoms with Gasteiger partial charge in [-0.25, -0.2) is 4.79 Å². The molecule has 3 aromatic rings.